The zero-order valence-corrected chi connectivity index (χ0v) is 27.1. The third kappa shape index (κ3) is 5.43. The highest BCUT2D eigenvalue weighted by atomic mass is 16.5. The van der Waals surface area contributed by atoms with Crippen molar-refractivity contribution >= 4 is 17.1 Å². The summed E-state index contributed by atoms with van der Waals surface area (Å²) < 4.78 is 6.24. The van der Waals surface area contributed by atoms with Crippen molar-refractivity contribution in [3.05, 3.63) is 132 Å². The molecule has 6 aromatic rings. The van der Waals surface area contributed by atoms with Crippen molar-refractivity contribution in [2.24, 2.45) is 0 Å². The van der Waals surface area contributed by atoms with E-state index in [0.717, 1.165) is 45.3 Å². The first kappa shape index (κ1) is 28.9. The number of anilines is 3. The Morgan fingerprint density at radius 1 is 0.438 bits per heavy atom. The third-order valence-corrected chi connectivity index (χ3v) is 10.4. The Labute approximate surface area is 282 Å². The number of hydrogen-bond acceptors (Lipinski definition) is 5. The molecule has 0 amide bonds. The quantitative estimate of drug-likeness (QED) is 0.184. The van der Waals surface area contributed by atoms with Crippen LogP contribution in [0, 0.1) is 0 Å². The first-order chi connectivity index (χ1) is 23.8. The van der Waals surface area contributed by atoms with Gasteiger partial charge < -0.3 is 9.64 Å². The van der Waals surface area contributed by atoms with E-state index in [1.807, 2.05) is 36.4 Å². The second-order valence-electron chi connectivity index (χ2n) is 13.4. The minimum absolute atomic E-state index is 0.670. The lowest BCUT2D eigenvalue weighted by Crippen LogP contribution is -2.15. The Morgan fingerprint density at radius 2 is 0.812 bits per heavy atom. The maximum atomic E-state index is 6.24. The highest BCUT2D eigenvalue weighted by molar-refractivity contribution is 5.86. The van der Waals surface area contributed by atoms with Gasteiger partial charge in [0.15, 0.2) is 29.0 Å². The summed E-state index contributed by atoms with van der Waals surface area (Å²) in [5.74, 6) is 5.09. The van der Waals surface area contributed by atoms with Gasteiger partial charge in [-0.2, -0.15) is 0 Å². The van der Waals surface area contributed by atoms with Gasteiger partial charge in [-0.05, 0) is 97.2 Å². The Morgan fingerprint density at radius 3 is 1.23 bits per heavy atom. The van der Waals surface area contributed by atoms with Crippen LogP contribution in [0.5, 0.6) is 11.5 Å². The van der Waals surface area contributed by atoms with Gasteiger partial charge in [-0.25, -0.2) is 15.0 Å². The summed E-state index contributed by atoms with van der Waals surface area (Å²) in [6.45, 7) is 0. The van der Waals surface area contributed by atoms with Crippen LogP contribution in [0.25, 0.3) is 34.2 Å². The molecular weight excluding hydrogens is 589 g/mol. The van der Waals surface area contributed by atoms with Gasteiger partial charge in [0.1, 0.15) is 0 Å². The number of ether oxygens (including phenoxy) is 1. The van der Waals surface area contributed by atoms with Crippen LogP contribution in [0.15, 0.2) is 121 Å². The fourth-order valence-electron chi connectivity index (χ4n) is 7.83. The predicted molar refractivity (Wildman–Crippen MR) is 193 cm³/mol. The van der Waals surface area contributed by atoms with E-state index in [1.54, 1.807) is 0 Å². The largest absolute Gasteiger partial charge is 0.453 e. The first-order valence-electron chi connectivity index (χ1n) is 17.5. The van der Waals surface area contributed by atoms with Crippen LogP contribution in [0.3, 0.4) is 0 Å². The fourth-order valence-corrected chi connectivity index (χ4v) is 7.83. The van der Waals surface area contributed by atoms with Gasteiger partial charge in [0.25, 0.3) is 0 Å². The van der Waals surface area contributed by atoms with Crippen molar-refractivity contribution in [2.45, 2.75) is 63.2 Å². The molecule has 0 atom stereocenters. The van der Waals surface area contributed by atoms with E-state index in [1.165, 1.54) is 62.5 Å². The maximum Gasteiger partial charge on any atom is 0.164 e. The Balaban J connectivity index is 1.09. The zero-order chi connectivity index (χ0) is 31.9. The number of para-hydroxylation sites is 4. The fraction of sp³-hybridized carbons (Fsp3) is 0.233. The zero-order valence-electron chi connectivity index (χ0n) is 27.1. The van der Waals surface area contributed by atoms with Crippen molar-refractivity contribution in [1.82, 2.24) is 15.0 Å². The van der Waals surface area contributed by atoms with Gasteiger partial charge in [0, 0.05) is 22.4 Å². The number of benzene rings is 5. The normalized spacial score (nSPS) is 16.0. The Bertz CT molecular complexity index is 1940. The van der Waals surface area contributed by atoms with E-state index in [0.29, 0.717) is 29.3 Å². The van der Waals surface area contributed by atoms with Gasteiger partial charge in [-0.3, -0.25) is 0 Å². The molecule has 0 saturated heterocycles. The summed E-state index contributed by atoms with van der Waals surface area (Å²) in [6.07, 6.45) is 10.5. The van der Waals surface area contributed by atoms with Crippen LogP contribution in [-0.2, 0) is 0 Å². The molecule has 9 rings (SSSR count). The predicted octanol–water partition coefficient (Wildman–Crippen LogP) is 11.8. The van der Waals surface area contributed by atoms with Crippen molar-refractivity contribution < 1.29 is 4.74 Å². The molecule has 1 aliphatic heterocycles. The monoisotopic (exact) mass is 626 g/mol. The van der Waals surface area contributed by atoms with Gasteiger partial charge in [0.05, 0.1) is 11.4 Å². The molecule has 2 fully saturated rings. The van der Waals surface area contributed by atoms with Gasteiger partial charge in [0.2, 0.25) is 0 Å². The molecule has 2 aliphatic carbocycles. The number of nitrogens with zero attached hydrogens (tertiary/aromatic N) is 4. The summed E-state index contributed by atoms with van der Waals surface area (Å²) in [5, 5.41) is 0. The molecule has 5 nitrogen and oxygen atoms in total. The SMILES string of the molecule is c1ccc2c(c1)Oc1ccccc1N2c1ccc(-c2nc(-c3ccc(C4CCCC4)cc3)nc(-c3ccc(C4CCCC4)cc3)n2)cc1. The van der Waals surface area contributed by atoms with Crippen molar-refractivity contribution in [2.75, 3.05) is 4.90 Å². The lowest BCUT2D eigenvalue weighted by atomic mass is 9.96. The molecular formula is C43H38N4O. The summed E-state index contributed by atoms with van der Waals surface area (Å²) in [6, 6.07) is 42.7. The standard InChI is InChI=1S/C43H38N4O/c1-2-10-29(9-1)31-17-21-33(22-18-31)41-44-42(34-23-19-32(20-24-34)30-11-3-4-12-30)46-43(45-41)35-25-27-36(28-26-35)47-37-13-5-7-15-39(37)48-40-16-8-6-14-38(40)47/h5-8,13-30H,1-4,9-12H2. The molecule has 0 N–H and O–H groups in total. The molecule has 2 saturated carbocycles. The molecule has 0 radical (unpaired) electrons. The van der Waals surface area contributed by atoms with Crippen LogP contribution in [0.4, 0.5) is 17.1 Å². The Kier molecular flexibility index (Phi) is 7.46. The summed E-state index contributed by atoms with van der Waals surface area (Å²) in [5.41, 5.74) is 8.90. The topological polar surface area (TPSA) is 51.1 Å². The molecule has 5 aromatic carbocycles. The van der Waals surface area contributed by atoms with Crippen molar-refractivity contribution in [3.8, 4) is 45.7 Å². The molecule has 0 spiro atoms. The van der Waals surface area contributed by atoms with E-state index >= 15 is 0 Å². The molecule has 236 valence electrons. The molecule has 0 unspecified atom stereocenters. The van der Waals surface area contributed by atoms with Crippen LogP contribution < -0.4 is 9.64 Å². The smallest absolute Gasteiger partial charge is 0.164 e. The van der Waals surface area contributed by atoms with E-state index in [9.17, 15) is 0 Å². The van der Waals surface area contributed by atoms with Crippen LogP contribution in [0.1, 0.15) is 74.3 Å². The number of rotatable bonds is 6. The average molecular weight is 627 g/mol. The highest BCUT2D eigenvalue weighted by Crippen LogP contribution is 2.50. The highest BCUT2D eigenvalue weighted by Gasteiger charge is 2.25. The van der Waals surface area contributed by atoms with E-state index < -0.39 is 0 Å². The van der Waals surface area contributed by atoms with Crippen LogP contribution in [-0.4, -0.2) is 15.0 Å². The summed E-state index contributed by atoms with van der Waals surface area (Å²) >= 11 is 0. The number of aromatic nitrogens is 3. The average Bonchev–Trinajstić information content (AvgIpc) is 3.90. The Hall–Kier alpha value is -5.29. The molecule has 0 bridgehead atoms. The maximum absolute atomic E-state index is 6.24. The molecule has 1 aromatic heterocycles. The lowest BCUT2D eigenvalue weighted by Gasteiger charge is -2.32. The van der Waals surface area contributed by atoms with Crippen molar-refractivity contribution in [1.29, 1.82) is 0 Å². The minimum Gasteiger partial charge on any atom is -0.453 e. The van der Waals surface area contributed by atoms with Crippen molar-refractivity contribution in [3.63, 3.8) is 0 Å². The van der Waals surface area contributed by atoms with Crippen LogP contribution >= 0.6 is 0 Å². The second kappa shape index (κ2) is 12.4. The van der Waals surface area contributed by atoms with E-state index in [4.69, 9.17) is 19.7 Å². The lowest BCUT2D eigenvalue weighted by molar-refractivity contribution is 0.477. The van der Waals surface area contributed by atoms with Gasteiger partial charge in [-0.15, -0.1) is 0 Å². The van der Waals surface area contributed by atoms with Gasteiger partial charge in [-0.1, -0.05) is 98.5 Å². The minimum atomic E-state index is 0.670. The van der Waals surface area contributed by atoms with Gasteiger partial charge >= 0.3 is 0 Å². The molecule has 48 heavy (non-hydrogen) atoms. The second-order valence-corrected chi connectivity index (χ2v) is 13.4. The third-order valence-electron chi connectivity index (χ3n) is 10.4. The molecule has 3 aliphatic rings. The van der Waals surface area contributed by atoms with E-state index in [2.05, 4.69) is 89.8 Å². The molecule has 5 heteroatoms. The first-order valence-corrected chi connectivity index (χ1v) is 17.5. The summed E-state index contributed by atoms with van der Waals surface area (Å²) in [7, 11) is 0. The van der Waals surface area contributed by atoms with E-state index in [-0.39, 0.29) is 0 Å². The molecule has 2 heterocycles. The van der Waals surface area contributed by atoms with Crippen LogP contribution in [0.2, 0.25) is 0 Å². The number of fused-ring (bicyclic) bond motifs is 2. The number of hydrogen-bond donors (Lipinski definition) is 0. The summed E-state index contributed by atoms with van der Waals surface area (Å²) in [4.78, 5) is 17.4.